The monoisotopic (exact) mass is 909 g/mol. The molecular weight excluding hydrogens is 851 g/mol. The van der Waals surface area contributed by atoms with Crippen LogP contribution in [-0.4, -0.2) is 137 Å². The Balaban J connectivity index is 1.18. The van der Waals surface area contributed by atoms with E-state index < -0.39 is 69.7 Å². The van der Waals surface area contributed by atoms with Crippen LogP contribution >= 0.6 is 11.3 Å². The Labute approximate surface area is 372 Å². The molecule has 3 aliphatic heterocycles. The van der Waals surface area contributed by atoms with Gasteiger partial charge in [-0.05, 0) is 57.6 Å². The first-order valence-corrected chi connectivity index (χ1v) is 24.0. The molecule has 3 fully saturated rings. The summed E-state index contributed by atoms with van der Waals surface area (Å²) in [5.41, 5.74) is 0.241. The lowest BCUT2D eigenvalue weighted by molar-refractivity contribution is -0.145. The predicted octanol–water partition coefficient (Wildman–Crippen LogP) is 4.20. The van der Waals surface area contributed by atoms with Crippen molar-refractivity contribution in [1.29, 1.82) is 0 Å². The number of benzene rings is 1. The van der Waals surface area contributed by atoms with Crippen LogP contribution in [0.3, 0.4) is 0 Å². The maximum absolute atomic E-state index is 14.9. The number of carbonyl (C=O) groups is 4. The summed E-state index contributed by atoms with van der Waals surface area (Å²) in [7, 11) is -0.577. The van der Waals surface area contributed by atoms with E-state index in [-0.39, 0.29) is 44.3 Å². The molecular formula is C43H59N9O9S2. The zero-order chi connectivity index (χ0) is 45.2. The van der Waals surface area contributed by atoms with Gasteiger partial charge in [-0.1, -0.05) is 38.8 Å². The number of hydrogen-bond donors (Lipinski definition) is 5. The topological polar surface area (TPSA) is 225 Å². The van der Waals surface area contributed by atoms with Crippen LogP contribution < -0.4 is 30.7 Å². The van der Waals surface area contributed by atoms with Crippen LogP contribution in [0.15, 0.2) is 41.8 Å². The molecule has 1 aromatic carbocycles. The number of likely N-dealkylation sites (N-methyl/N-ethyl adjacent to an activating group) is 1. The van der Waals surface area contributed by atoms with Gasteiger partial charge in [-0.3, -0.25) is 9.59 Å². The first kappa shape index (κ1) is 46.0. The van der Waals surface area contributed by atoms with Crippen LogP contribution in [-0.2, 0) is 24.6 Å². The minimum absolute atomic E-state index is 0.0370. The van der Waals surface area contributed by atoms with Crippen molar-refractivity contribution in [3.63, 3.8) is 0 Å². The van der Waals surface area contributed by atoms with Gasteiger partial charge >= 0.3 is 12.0 Å². The predicted molar refractivity (Wildman–Crippen MR) is 239 cm³/mol. The van der Waals surface area contributed by atoms with E-state index >= 15 is 0 Å². The first-order valence-electron chi connectivity index (χ1n) is 21.7. The Hall–Kier alpha value is -5.05. The molecule has 6 atom stereocenters. The number of aliphatic carboxylic acids is 1. The highest BCUT2D eigenvalue weighted by molar-refractivity contribution is 7.87. The van der Waals surface area contributed by atoms with E-state index in [1.54, 1.807) is 25.3 Å². The van der Waals surface area contributed by atoms with Crippen molar-refractivity contribution < 1.29 is 42.2 Å². The second-order valence-electron chi connectivity index (χ2n) is 17.6. The van der Waals surface area contributed by atoms with E-state index in [9.17, 15) is 32.7 Å². The second kappa shape index (κ2) is 19.0. The molecule has 0 bridgehead atoms. The fourth-order valence-corrected chi connectivity index (χ4v) is 10.7. The zero-order valence-electron chi connectivity index (χ0n) is 36.6. The zero-order valence-corrected chi connectivity index (χ0v) is 38.3. The molecule has 1 aliphatic carbocycles. The van der Waals surface area contributed by atoms with E-state index in [2.05, 4.69) is 21.3 Å². The highest BCUT2D eigenvalue weighted by Gasteiger charge is 2.61. The smallest absolute Gasteiger partial charge is 0.330 e. The van der Waals surface area contributed by atoms with Crippen LogP contribution in [0.2, 0.25) is 0 Å². The molecule has 1 unspecified atom stereocenters. The number of pyridine rings is 1. The normalized spacial score (nSPS) is 26.6. The molecule has 342 valence electrons. The van der Waals surface area contributed by atoms with Gasteiger partial charge in [0.2, 0.25) is 11.8 Å². The Kier molecular flexibility index (Phi) is 13.8. The lowest BCUT2D eigenvalue weighted by Crippen LogP contribution is -2.58. The number of urea groups is 1. The van der Waals surface area contributed by atoms with Crippen molar-refractivity contribution >= 4 is 61.4 Å². The summed E-state index contributed by atoms with van der Waals surface area (Å²) in [6.07, 6.45) is 6.41. The van der Waals surface area contributed by atoms with Crippen molar-refractivity contribution in [3.05, 3.63) is 41.8 Å². The van der Waals surface area contributed by atoms with Crippen molar-refractivity contribution in [2.45, 2.75) is 108 Å². The lowest BCUT2D eigenvalue weighted by Gasteiger charge is -2.31. The summed E-state index contributed by atoms with van der Waals surface area (Å²) < 4.78 is 40.6. The van der Waals surface area contributed by atoms with E-state index in [0.29, 0.717) is 59.7 Å². The molecule has 2 saturated heterocycles. The SMILES string of the molecule is COc1ccc2c(O[C@@H]3C[C@H]4C(=O)N[C@]5(C(=O)O)CC5/C=C\CCCCC[C@H](NC(=O)N[C@H](CN5CCN(C)S5(=O)=O)C(C)C)C(=O)N4C3)cc(-c3csc(NC(C)C)n3)nc2c1. The summed E-state index contributed by atoms with van der Waals surface area (Å²) in [6.45, 7) is 8.46. The minimum atomic E-state index is -3.66. The maximum Gasteiger partial charge on any atom is 0.330 e. The number of hydrogen-bond acceptors (Lipinski definition) is 12. The summed E-state index contributed by atoms with van der Waals surface area (Å²) in [5.74, 6) is -1.80. The number of aromatic nitrogens is 2. The quantitative estimate of drug-likeness (QED) is 0.161. The van der Waals surface area contributed by atoms with Crippen molar-refractivity contribution in [2.75, 3.05) is 45.7 Å². The molecule has 0 radical (unpaired) electrons. The molecule has 5 N–H and O–H groups in total. The second-order valence-corrected chi connectivity index (χ2v) is 20.5. The average molecular weight is 910 g/mol. The van der Waals surface area contributed by atoms with Crippen LogP contribution in [0.1, 0.15) is 72.6 Å². The molecule has 1 saturated carbocycles. The number of rotatable bonds is 12. The third-order valence-corrected chi connectivity index (χ3v) is 15.0. The van der Waals surface area contributed by atoms with Crippen molar-refractivity contribution in [2.24, 2.45) is 11.8 Å². The lowest BCUT2D eigenvalue weighted by atomic mass is 10.0. The van der Waals surface area contributed by atoms with Crippen LogP contribution in [0.25, 0.3) is 22.3 Å². The Bertz CT molecular complexity index is 2340. The number of anilines is 1. The van der Waals surface area contributed by atoms with Gasteiger partial charge in [-0.2, -0.15) is 17.0 Å². The Morgan fingerprint density at radius 3 is 2.57 bits per heavy atom. The standard InChI is InChI=1S/C43H59N9O9S2/c1-25(2)34(23-51-17-16-50(5)63(51,58)59)47-41(57)46-31-13-11-9-7-8-10-12-27-21-43(27,40(55)56)49-38(53)36-19-29(22-52(36)39(31)54)61-37-20-33(35-24-62-42(48-35)44-26(3)4)45-32-18-28(60-6)14-15-30(32)37/h10,12,14-15,18,20,24-27,29,31,34,36H,7-9,11,13,16-17,19,21-23H2,1-6H3,(H,44,48)(H,49,53)(H,55,56)(H2,46,47,57)/b12-10-/t27?,29-,31+,34-,36+,43-/m1/s1. The fourth-order valence-electron chi connectivity index (χ4n) is 8.44. The first-order chi connectivity index (χ1) is 30.0. The van der Waals surface area contributed by atoms with Crippen LogP contribution in [0.5, 0.6) is 11.5 Å². The van der Waals surface area contributed by atoms with Gasteiger partial charge < -0.3 is 40.7 Å². The molecule has 18 nitrogen and oxygen atoms in total. The molecule has 63 heavy (non-hydrogen) atoms. The number of thiazole rings is 1. The van der Waals surface area contributed by atoms with Gasteiger partial charge in [-0.25, -0.2) is 19.6 Å². The minimum Gasteiger partial charge on any atom is -0.497 e. The van der Waals surface area contributed by atoms with Crippen LogP contribution in [0.4, 0.5) is 9.93 Å². The third-order valence-electron chi connectivity index (χ3n) is 12.3. The summed E-state index contributed by atoms with van der Waals surface area (Å²) in [6, 6.07) is 3.97. The van der Waals surface area contributed by atoms with Gasteiger partial charge in [0, 0.05) is 74.0 Å². The summed E-state index contributed by atoms with van der Waals surface area (Å²) >= 11 is 1.45. The molecule has 4 amide bonds. The highest BCUT2D eigenvalue weighted by atomic mass is 32.2. The van der Waals surface area contributed by atoms with Gasteiger partial charge in [-0.15, -0.1) is 11.3 Å². The van der Waals surface area contributed by atoms with Crippen LogP contribution in [0, 0.1) is 11.8 Å². The third kappa shape index (κ3) is 10.2. The fraction of sp³-hybridized carbons (Fsp3) is 0.581. The van der Waals surface area contributed by atoms with Gasteiger partial charge in [0.1, 0.15) is 40.9 Å². The molecule has 3 aromatic rings. The average Bonchev–Trinajstić information content (AvgIpc) is 3.46. The summed E-state index contributed by atoms with van der Waals surface area (Å²) in [5, 5.41) is 25.6. The van der Waals surface area contributed by atoms with E-state index in [4.69, 9.17) is 19.4 Å². The maximum atomic E-state index is 14.9. The Morgan fingerprint density at radius 2 is 1.87 bits per heavy atom. The Morgan fingerprint density at radius 1 is 1.08 bits per heavy atom. The summed E-state index contributed by atoms with van der Waals surface area (Å²) in [4.78, 5) is 66.8. The number of fused-ring (bicyclic) bond motifs is 3. The number of carbonyl (C=O) groups excluding carboxylic acids is 3. The molecule has 20 heteroatoms. The largest absolute Gasteiger partial charge is 0.497 e. The van der Waals surface area contributed by atoms with E-state index in [0.717, 1.165) is 18.0 Å². The molecule has 4 aliphatic rings. The van der Waals surface area contributed by atoms with Gasteiger partial charge in [0.05, 0.1) is 24.9 Å². The molecule has 2 aromatic heterocycles. The van der Waals surface area contributed by atoms with Gasteiger partial charge in [0.15, 0.2) is 5.13 Å². The van der Waals surface area contributed by atoms with Gasteiger partial charge in [0.25, 0.3) is 10.2 Å². The van der Waals surface area contributed by atoms with E-state index in [1.807, 2.05) is 51.3 Å². The number of allylic oxidation sites excluding steroid dienone is 1. The number of carboxylic acid groups (broad SMARTS) is 1. The number of carboxylic acids is 1. The van der Waals surface area contributed by atoms with Crippen molar-refractivity contribution in [3.8, 4) is 22.9 Å². The number of methoxy groups -OCH3 is 1. The number of nitrogens with one attached hydrogen (secondary N) is 4. The van der Waals surface area contributed by atoms with E-state index in [1.165, 1.54) is 31.9 Å². The number of nitrogens with zero attached hydrogens (tertiary/aromatic N) is 5. The molecule has 0 spiro atoms. The number of amides is 4. The highest BCUT2D eigenvalue weighted by Crippen LogP contribution is 2.45. The molecule has 7 rings (SSSR count). The van der Waals surface area contributed by atoms with Crippen molar-refractivity contribution in [1.82, 2.24) is 39.4 Å². The number of ether oxygens (including phenoxy) is 2. The molecule has 5 heterocycles.